The molecule has 3 N–H and O–H groups in total. The summed E-state index contributed by atoms with van der Waals surface area (Å²) in [6.45, 7) is 7.50. The van der Waals surface area contributed by atoms with E-state index < -0.39 is 0 Å². The quantitative estimate of drug-likeness (QED) is 0.720. The number of carbonyl (C=O) groups excluding carboxylic acids is 1. The number of rotatable bonds is 4. The van der Waals surface area contributed by atoms with Gasteiger partial charge in [0.2, 0.25) is 5.91 Å². The highest BCUT2D eigenvalue weighted by Gasteiger charge is 2.18. The lowest BCUT2D eigenvalue weighted by Gasteiger charge is -2.05. The summed E-state index contributed by atoms with van der Waals surface area (Å²) in [5.41, 5.74) is 8.91. The average molecular weight is 322 g/mol. The van der Waals surface area contributed by atoms with Crippen molar-refractivity contribution in [2.45, 2.75) is 19.9 Å². The van der Waals surface area contributed by atoms with Gasteiger partial charge in [-0.2, -0.15) is 5.10 Å². The number of anilines is 2. The zero-order valence-electron chi connectivity index (χ0n) is 13.5. The van der Waals surface area contributed by atoms with Gasteiger partial charge in [0.1, 0.15) is 17.8 Å². The molecule has 0 aliphatic carbocycles. The Kier molecular flexibility index (Phi) is 3.99. The van der Waals surface area contributed by atoms with E-state index in [9.17, 15) is 4.79 Å². The first-order valence-electron chi connectivity index (χ1n) is 7.53. The van der Waals surface area contributed by atoms with E-state index in [1.54, 1.807) is 6.07 Å². The van der Waals surface area contributed by atoms with Crippen molar-refractivity contribution >= 4 is 28.4 Å². The fourth-order valence-electron chi connectivity index (χ4n) is 2.50. The minimum atomic E-state index is -0.271. The Hall–Kier alpha value is -3.22. The third-order valence-corrected chi connectivity index (χ3v) is 3.60. The Morgan fingerprint density at radius 2 is 2.17 bits per heavy atom. The molecule has 0 fully saturated rings. The first-order chi connectivity index (χ1) is 11.5. The monoisotopic (exact) mass is 322 g/mol. The van der Waals surface area contributed by atoms with Gasteiger partial charge in [0, 0.05) is 17.3 Å². The van der Waals surface area contributed by atoms with Crippen molar-refractivity contribution in [1.29, 1.82) is 0 Å². The van der Waals surface area contributed by atoms with E-state index in [1.165, 1.54) is 12.4 Å². The maximum Gasteiger partial charge on any atom is 0.247 e. The number of hydrogen-bond acceptors (Lipinski definition) is 5. The Bertz CT molecular complexity index is 928. The molecule has 3 aromatic rings. The number of benzene rings is 1. The summed E-state index contributed by atoms with van der Waals surface area (Å²) < 4.78 is 1.82. The van der Waals surface area contributed by atoms with Crippen molar-refractivity contribution in [2.24, 2.45) is 0 Å². The van der Waals surface area contributed by atoms with E-state index in [-0.39, 0.29) is 11.9 Å². The van der Waals surface area contributed by atoms with Gasteiger partial charge in [-0.1, -0.05) is 18.7 Å². The average Bonchev–Trinajstić information content (AvgIpc) is 2.96. The summed E-state index contributed by atoms with van der Waals surface area (Å²) in [5.74, 6) is 0.106. The van der Waals surface area contributed by atoms with Crippen LogP contribution in [0.5, 0.6) is 0 Å². The first kappa shape index (κ1) is 15.7. The molecule has 0 bridgehead atoms. The lowest BCUT2D eigenvalue weighted by atomic mass is 10.1. The second-order valence-electron chi connectivity index (χ2n) is 5.62. The van der Waals surface area contributed by atoms with E-state index in [2.05, 4.69) is 27.0 Å². The Morgan fingerprint density at radius 1 is 1.38 bits per heavy atom. The summed E-state index contributed by atoms with van der Waals surface area (Å²) in [6.07, 6.45) is 2.66. The number of fused-ring (bicyclic) bond motifs is 1. The fourth-order valence-corrected chi connectivity index (χ4v) is 2.50. The van der Waals surface area contributed by atoms with E-state index in [0.29, 0.717) is 28.2 Å². The molecular formula is C17H18N6O. The van der Waals surface area contributed by atoms with Crippen molar-refractivity contribution in [1.82, 2.24) is 19.7 Å². The highest BCUT2D eigenvalue weighted by atomic mass is 16.1. The molecular weight excluding hydrogens is 304 g/mol. The maximum atomic E-state index is 11.5. The van der Waals surface area contributed by atoms with Gasteiger partial charge in [-0.25, -0.2) is 14.6 Å². The third kappa shape index (κ3) is 2.71. The lowest BCUT2D eigenvalue weighted by Crippen LogP contribution is -2.07. The molecule has 24 heavy (non-hydrogen) atoms. The summed E-state index contributed by atoms with van der Waals surface area (Å²) in [4.78, 5) is 19.9. The van der Waals surface area contributed by atoms with Gasteiger partial charge >= 0.3 is 0 Å². The summed E-state index contributed by atoms with van der Waals surface area (Å²) >= 11 is 0. The largest absolute Gasteiger partial charge is 0.383 e. The number of nitrogen functional groups attached to an aromatic ring is 1. The van der Waals surface area contributed by atoms with E-state index in [0.717, 1.165) is 5.56 Å². The predicted octanol–water partition coefficient (Wildman–Crippen LogP) is 2.78. The molecule has 3 rings (SSSR count). The minimum Gasteiger partial charge on any atom is -0.383 e. The van der Waals surface area contributed by atoms with Crippen LogP contribution in [0.1, 0.15) is 19.9 Å². The molecule has 0 aliphatic heterocycles. The second-order valence-corrected chi connectivity index (χ2v) is 5.62. The van der Waals surface area contributed by atoms with Crippen molar-refractivity contribution in [3.63, 3.8) is 0 Å². The number of hydrogen-bond donors (Lipinski definition) is 2. The second kappa shape index (κ2) is 6.11. The van der Waals surface area contributed by atoms with Crippen LogP contribution in [0.4, 0.5) is 11.5 Å². The summed E-state index contributed by atoms with van der Waals surface area (Å²) in [6, 6.07) is 7.50. The van der Waals surface area contributed by atoms with Crippen LogP contribution in [0.15, 0.2) is 43.2 Å². The highest BCUT2D eigenvalue weighted by molar-refractivity contribution is 6.01. The van der Waals surface area contributed by atoms with Gasteiger partial charge in [0.15, 0.2) is 5.65 Å². The van der Waals surface area contributed by atoms with Crippen LogP contribution in [0.2, 0.25) is 0 Å². The first-order valence-corrected chi connectivity index (χ1v) is 7.53. The van der Waals surface area contributed by atoms with E-state index in [1.807, 2.05) is 36.7 Å². The van der Waals surface area contributed by atoms with Crippen LogP contribution in [0, 0.1) is 0 Å². The fraction of sp³-hybridized carbons (Fsp3) is 0.176. The van der Waals surface area contributed by atoms with Gasteiger partial charge in [0.25, 0.3) is 0 Å². The number of amides is 1. The van der Waals surface area contributed by atoms with Crippen LogP contribution < -0.4 is 11.1 Å². The third-order valence-electron chi connectivity index (χ3n) is 3.60. The number of carbonyl (C=O) groups is 1. The molecule has 7 heteroatoms. The van der Waals surface area contributed by atoms with Gasteiger partial charge in [-0.3, -0.25) is 4.79 Å². The number of nitrogens with two attached hydrogens (primary N) is 1. The van der Waals surface area contributed by atoms with Crippen LogP contribution >= 0.6 is 0 Å². The SMILES string of the molecule is C=CC(=O)Nc1cccc(-c2nn(C(C)C)c3ncnc(N)c23)c1. The normalized spacial score (nSPS) is 11.0. The van der Waals surface area contributed by atoms with Crippen LogP contribution in [-0.2, 0) is 4.79 Å². The number of nitrogens with one attached hydrogen (secondary N) is 1. The smallest absolute Gasteiger partial charge is 0.247 e. The molecule has 0 unspecified atom stereocenters. The summed E-state index contributed by atoms with van der Waals surface area (Å²) in [7, 11) is 0. The van der Waals surface area contributed by atoms with Gasteiger partial charge in [0.05, 0.1) is 5.39 Å². The molecule has 122 valence electrons. The summed E-state index contributed by atoms with van der Waals surface area (Å²) in [5, 5.41) is 8.11. The number of aromatic nitrogens is 4. The molecule has 0 radical (unpaired) electrons. The number of nitrogens with zero attached hydrogens (tertiary/aromatic N) is 4. The van der Waals surface area contributed by atoms with E-state index in [4.69, 9.17) is 5.73 Å². The molecule has 0 atom stereocenters. The highest BCUT2D eigenvalue weighted by Crippen LogP contribution is 2.32. The molecule has 7 nitrogen and oxygen atoms in total. The Morgan fingerprint density at radius 3 is 2.88 bits per heavy atom. The van der Waals surface area contributed by atoms with Crippen molar-refractivity contribution in [3.05, 3.63) is 43.2 Å². The topological polar surface area (TPSA) is 98.7 Å². The molecule has 1 aromatic carbocycles. The van der Waals surface area contributed by atoms with Crippen molar-refractivity contribution in [2.75, 3.05) is 11.1 Å². The van der Waals surface area contributed by atoms with E-state index >= 15 is 0 Å². The maximum absolute atomic E-state index is 11.5. The van der Waals surface area contributed by atoms with Gasteiger partial charge in [-0.05, 0) is 32.1 Å². The van der Waals surface area contributed by atoms with Crippen LogP contribution in [0.3, 0.4) is 0 Å². The van der Waals surface area contributed by atoms with Crippen LogP contribution in [0.25, 0.3) is 22.3 Å². The Balaban J connectivity index is 2.18. The van der Waals surface area contributed by atoms with Crippen molar-refractivity contribution in [3.8, 4) is 11.3 Å². The molecule has 0 spiro atoms. The zero-order chi connectivity index (χ0) is 17.3. The molecule has 2 heterocycles. The van der Waals surface area contributed by atoms with Gasteiger partial charge in [-0.15, -0.1) is 0 Å². The van der Waals surface area contributed by atoms with Gasteiger partial charge < -0.3 is 11.1 Å². The minimum absolute atomic E-state index is 0.124. The molecule has 0 saturated carbocycles. The zero-order valence-corrected chi connectivity index (χ0v) is 13.5. The molecule has 0 aliphatic rings. The lowest BCUT2D eigenvalue weighted by molar-refractivity contribution is -0.111. The molecule has 1 amide bonds. The molecule has 0 saturated heterocycles. The standard InChI is InChI=1S/C17H18N6O/c1-4-13(24)21-12-7-5-6-11(8-12)15-14-16(18)19-9-20-17(14)23(22-15)10(2)3/h4-10H,1H2,2-3H3,(H,21,24)(H2,18,19,20). The van der Waals surface area contributed by atoms with Crippen LogP contribution in [-0.4, -0.2) is 25.7 Å². The van der Waals surface area contributed by atoms with Crippen molar-refractivity contribution < 1.29 is 4.79 Å². The molecule has 2 aromatic heterocycles. The predicted molar refractivity (Wildman–Crippen MR) is 94.4 cm³/mol. The Labute approximate surface area is 139 Å².